The van der Waals surface area contributed by atoms with E-state index in [1.165, 1.54) is 19.3 Å². The number of nitrogens with zero attached hydrogens (tertiary/aromatic N) is 2. The second-order valence-electron chi connectivity index (χ2n) is 3.98. The maximum absolute atomic E-state index is 4.44. The topological polar surface area (TPSA) is 48.8 Å². The molecule has 0 atom stereocenters. The third kappa shape index (κ3) is 5.21. The molecule has 0 saturated carbocycles. The quantitative estimate of drug-likeness (QED) is 0.762. The van der Waals surface area contributed by atoms with Gasteiger partial charge in [-0.1, -0.05) is 23.5 Å². The number of amidine groups is 2. The zero-order valence-corrected chi connectivity index (χ0v) is 11.7. The molecule has 0 fully saturated rings. The standard InChI is InChI=1S/C11H20N4S2/c1-4-12-10(13-5-1)16-8-3-9-17-11-14-6-2-7-15-11/h1-9H2,(H,12,13)(H,14,15). The summed E-state index contributed by atoms with van der Waals surface area (Å²) in [4.78, 5) is 8.89. The van der Waals surface area contributed by atoms with E-state index in [1.807, 2.05) is 23.5 Å². The molecule has 0 saturated heterocycles. The number of rotatable bonds is 4. The molecule has 0 aromatic rings. The summed E-state index contributed by atoms with van der Waals surface area (Å²) in [5, 5.41) is 8.93. The average Bonchev–Trinajstić information content (AvgIpc) is 2.41. The van der Waals surface area contributed by atoms with Crippen molar-refractivity contribution in [3.05, 3.63) is 0 Å². The van der Waals surface area contributed by atoms with Crippen molar-refractivity contribution in [3.8, 4) is 0 Å². The lowest BCUT2D eigenvalue weighted by molar-refractivity contribution is 0.751. The van der Waals surface area contributed by atoms with Gasteiger partial charge in [0.2, 0.25) is 0 Å². The summed E-state index contributed by atoms with van der Waals surface area (Å²) in [5.74, 6) is 2.29. The molecule has 96 valence electrons. The fourth-order valence-corrected chi connectivity index (χ4v) is 3.53. The first-order valence-corrected chi connectivity index (χ1v) is 8.24. The van der Waals surface area contributed by atoms with Gasteiger partial charge >= 0.3 is 0 Å². The Balaban J connectivity index is 1.51. The van der Waals surface area contributed by atoms with Crippen LogP contribution >= 0.6 is 23.5 Å². The van der Waals surface area contributed by atoms with Crippen LogP contribution in [0.2, 0.25) is 0 Å². The first kappa shape index (κ1) is 13.1. The van der Waals surface area contributed by atoms with Gasteiger partial charge in [-0.25, -0.2) is 0 Å². The van der Waals surface area contributed by atoms with Crippen LogP contribution < -0.4 is 10.6 Å². The Hall–Kier alpha value is -0.360. The summed E-state index contributed by atoms with van der Waals surface area (Å²) in [6.45, 7) is 4.15. The summed E-state index contributed by atoms with van der Waals surface area (Å²) >= 11 is 3.70. The number of thioether (sulfide) groups is 2. The predicted octanol–water partition coefficient (Wildman–Crippen LogP) is 1.54. The lowest BCUT2D eigenvalue weighted by Gasteiger charge is -2.14. The molecule has 2 aliphatic heterocycles. The van der Waals surface area contributed by atoms with Crippen LogP contribution in [0.25, 0.3) is 0 Å². The van der Waals surface area contributed by atoms with Gasteiger partial charge in [-0.05, 0) is 19.3 Å². The van der Waals surface area contributed by atoms with E-state index in [0.717, 1.165) is 48.0 Å². The van der Waals surface area contributed by atoms with E-state index in [2.05, 4.69) is 20.6 Å². The molecule has 2 heterocycles. The predicted molar refractivity (Wildman–Crippen MR) is 79.4 cm³/mol. The molecule has 6 heteroatoms. The number of nitrogens with one attached hydrogen (secondary N) is 2. The van der Waals surface area contributed by atoms with Crippen LogP contribution in [-0.4, -0.2) is 48.0 Å². The zero-order chi connectivity index (χ0) is 11.8. The lowest BCUT2D eigenvalue weighted by Crippen LogP contribution is -2.27. The fraction of sp³-hybridized carbons (Fsp3) is 0.818. The van der Waals surface area contributed by atoms with Gasteiger partial charge in [0.25, 0.3) is 0 Å². The largest absolute Gasteiger partial charge is 0.365 e. The summed E-state index contributed by atoms with van der Waals surface area (Å²) in [6, 6.07) is 0. The molecule has 0 aromatic heterocycles. The Kier molecular flexibility index (Phi) is 6.05. The molecule has 0 spiro atoms. The molecule has 2 aliphatic rings. The van der Waals surface area contributed by atoms with E-state index >= 15 is 0 Å². The normalized spacial score (nSPS) is 20.0. The van der Waals surface area contributed by atoms with E-state index in [1.54, 1.807) is 0 Å². The van der Waals surface area contributed by atoms with Crippen molar-refractivity contribution >= 4 is 33.9 Å². The highest BCUT2D eigenvalue weighted by molar-refractivity contribution is 8.14. The van der Waals surface area contributed by atoms with Crippen LogP contribution in [-0.2, 0) is 0 Å². The van der Waals surface area contributed by atoms with Gasteiger partial charge in [0.05, 0.1) is 0 Å². The van der Waals surface area contributed by atoms with Gasteiger partial charge in [-0.15, -0.1) is 0 Å². The maximum atomic E-state index is 4.44. The Morgan fingerprint density at radius 3 is 1.82 bits per heavy atom. The minimum absolute atomic E-state index is 0.991. The Morgan fingerprint density at radius 1 is 0.882 bits per heavy atom. The highest BCUT2D eigenvalue weighted by Gasteiger charge is 2.06. The van der Waals surface area contributed by atoms with Gasteiger partial charge < -0.3 is 10.6 Å². The highest BCUT2D eigenvalue weighted by Crippen LogP contribution is 2.12. The average molecular weight is 272 g/mol. The van der Waals surface area contributed by atoms with Gasteiger partial charge in [-0.3, -0.25) is 9.98 Å². The second-order valence-corrected chi connectivity index (χ2v) is 6.15. The van der Waals surface area contributed by atoms with E-state index in [9.17, 15) is 0 Å². The van der Waals surface area contributed by atoms with Crippen molar-refractivity contribution in [3.63, 3.8) is 0 Å². The van der Waals surface area contributed by atoms with Crippen molar-refractivity contribution in [2.45, 2.75) is 19.3 Å². The van der Waals surface area contributed by atoms with Crippen molar-refractivity contribution in [2.24, 2.45) is 9.98 Å². The van der Waals surface area contributed by atoms with Crippen LogP contribution in [0.3, 0.4) is 0 Å². The Bertz CT molecular complexity index is 263. The molecular weight excluding hydrogens is 252 g/mol. The minimum Gasteiger partial charge on any atom is -0.365 e. The molecule has 0 aromatic carbocycles. The van der Waals surface area contributed by atoms with Crippen LogP contribution in [0.4, 0.5) is 0 Å². The lowest BCUT2D eigenvalue weighted by atomic mass is 10.4. The van der Waals surface area contributed by atoms with Gasteiger partial charge in [-0.2, -0.15) is 0 Å². The van der Waals surface area contributed by atoms with Crippen molar-refractivity contribution in [1.29, 1.82) is 0 Å². The van der Waals surface area contributed by atoms with Gasteiger partial charge in [0.1, 0.15) is 0 Å². The van der Waals surface area contributed by atoms with Crippen LogP contribution in [0, 0.1) is 0 Å². The molecule has 0 bridgehead atoms. The van der Waals surface area contributed by atoms with Crippen molar-refractivity contribution in [1.82, 2.24) is 10.6 Å². The first-order valence-electron chi connectivity index (χ1n) is 6.27. The SMILES string of the molecule is C1CN=C(SCCCSC2=NCCCN2)NC1. The van der Waals surface area contributed by atoms with E-state index in [0.29, 0.717) is 0 Å². The molecule has 2 rings (SSSR count). The van der Waals surface area contributed by atoms with Gasteiger partial charge in [0.15, 0.2) is 10.3 Å². The third-order valence-electron chi connectivity index (χ3n) is 2.50. The minimum atomic E-state index is 0.991. The molecule has 4 nitrogen and oxygen atoms in total. The zero-order valence-electron chi connectivity index (χ0n) is 10.1. The van der Waals surface area contributed by atoms with Crippen molar-refractivity contribution < 1.29 is 0 Å². The molecule has 0 unspecified atom stereocenters. The highest BCUT2D eigenvalue weighted by atomic mass is 32.2. The van der Waals surface area contributed by atoms with Crippen LogP contribution in [0.1, 0.15) is 19.3 Å². The van der Waals surface area contributed by atoms with E-state index in [4.69, 9.17) is 0 Å². The van der Waals surface area contributed by atoms with Crippen LogP contribution in [0.15, 0.2) is 9.98 Å². The molecular formula is C11H20N4S2. The molecule has 0 radical (unpaired) electrons. The summed E-state index contributed by atoms with van der Waals surface area (Å²) < 4.78 is 0. The number of hydrogen-bond acceptors (Lipinski definition) is 6. The molecule has 0 amide bonds. The van der Waals surface area contributed by atoms with Crippen molar-refractivity contribution in [2.75, 3.05) is 37.7 Å². The summed E-state index contributed by atoms with van der Waals surface area (Å²) in [6.07, 6.45) is 3.55. The number of aliphatic imine (C=N–C) groups is 2. The second kappa shape index (κ2) is 7.87. The Morgan fingerprint density at radius 2 is 1.41 bits per heavy atom. The summed E-state index contributed by atoms with van der Waals surface area (Å²) in [5.41, 5.74) is 0. The van der Waals surface area contributed by atoms with Gasteiger partial charge in [0, 0.05) is 37.7 Å². The first-order chi connectivity index (χ1) is 8.45. The van der Waals surface area contributed by atoms with E-state index in [-0.39, 0.29) is 0 Å². The fourth-order valence-electron chi connectivity index (χ4n) is 1.61. The van der Waals surface area contributed by atoms with Crippen LogP contribution in [0.5, 0.6) is 0 Å². The molecule has 0 aliphatic carbocycles. The smallest absolute Gasteiger partial charge is 0.156 e. The molecule has 2 N–H and O–H groups in total. The third-order valence-corrected chi connectivity index (χ3v) is 4.58. The Labute approximate surface area is 112 Å². The number of hydrogen-bond donors (Lipinski definition) is 2. The monoisotopic (exact) mass is 272 g/mol. The summed E-state index contributed by atoms with van der Waals surface area (Å²) in [7, 11) is 0. The maximum Gasteiger partial charge on any atom is 0.156 e. The molecule has 17 heavy (non-hydrogen) atoms. The van der Waals surface area contributed by atoms with E-state index < -0.39 is 0 Å².